The van der Waals surface area contributed by atoms with Crippen LogP contribution in [0.25, 0.3) is 10.2 Å². The van der Waals surface area contributed by atoms with E-state index in [1.54, 1.807) is 11.3 Å². The summed E-state index contributed by atoms with van der Waals surface area (Å²) in [7, 11) is 0. The summed E-state index contributed by atoms with van der Waals surface area (Å²) in [5.74, 6) is 1.20. The normalized spacial score (nSPS) is 18.7. The van der Waals surface area contributed by atoms with Gasteiger partial charge in [0.2, 0.25) is 5.91 Å². The Morgan fingerprint density at radius 2 is 1.88 bits per heavy atom. The minimum Gasteiger partial charge on any atom is -0.493 e. The van der Waals surface area contributed by atoms with Gasteiger partial charge in [-0.25, -0.2) is 4.98 Å². The molecule has 2 aliphatic heterocycles. The van der Waals surface area contributed by atoms with E-state index in [0.717, 1.165) is 90.6 Å². The Balaban J connectivity index is 1.20. The molecule has 0 aliphatic carbocycles. The second-order valence-corrected chi connectivity index (χ2v) is 10.7. The molecule has 7 nitrogen and oxygen atoms in total. The molecule has 0 atom stereocenters. The van der Waals surface area contributed by atoms with Crippen molar-refractivity contribution in [1.82, 2.24) is 20.1 Å². The molecule has 0 spiro atoms. The zero-order valence-electron chi connectivity index (χ0n) is 19.8. The fraction of sp³-hybridized carbons (Fsp3) is 0.667. The lowest BCUT2D eigenvalue weighted by molar-refractivity contribution is -0.125. The number of fused-ring (bicyclic) bond motifs is 1. The Bertz CT molecular complexity index is 923. The average Bonchev–Trinajstić information content (AvgIpc) is 3.25. The van der Waals surface area contributed by atoms with Gasteiger partial charge in [0.15, 0.2) is 5.13 Å². The van der Waals surface area contributed by atoms with E-state index < -0.39 is 0 Å². The van der Waals surface area contributed by atoms with Gasteiger partial charge in [0.05, 0.1) is 21.3 Å². The fourth-order valence-electron chi connectivity index (χ4n) is 4.64. The molecule has 1 aromatic carbocycles. The van der Waals surface area contributed by atoms with Crippen LogP contribution in [0.5, 0.6) is 5.75 Å². The van der Waals surface area contributed by atoms with E-state index in [1.165, 1.54) is 13.1 Å². The number of halogens is 1. The van der Waals surface area contributed by atoms with Crippen molar-refractivity contribution in [2.75, 3.05) is 70.4 Å². The van der Waals surface area contributed by atoms with Crippen LogP contribution in [0, 0.1) is 5.92 Å². The summed E-state index contributed by atoms with van der Waals surface area (Å²) >= 11 is 5.28. The molecule has 1 aromatic heterocycles. The lowest BCUT2D eigenvalue weighted by atomic mass is 9.96. The van der Waals surface area contributed by atoms with Crippen molar-refractivity contribution in [3.63, 3.8) is 0 Å². The van der Waals surface area contributed by atoms with E-state index in [9.17, 15) is 4.79 Å². The van der Waals surface area contributed by atoms with Gasteiger partial charge in [-0.2, -0.15) is 0 Å². The second-order valence-electron chi connectivity index (χ2n) is 8.86. The summed E-state index contributed by atoms with van der Waals surface area (Å²) in [6, 6.07) is 4.10. The molecular weight excluding hydrogens is 502 g/mol. The predicted octanol–water partition coefficient (Wildman–Crippen LogP) is 3.82. The van der Waals surface area contributed by atoms with Gasteiger partial charge in [0.25, 0.3) is 0 Å². The fourth-order valence-corrected chi connectivity index (χ4v) is 6.11. The number of benzene rings is 1. The number of carbonyl (C=O) groups is 1. The molecule has 2 aromatic rings. The lowest BCUT2D eigenvalue weighted by Gasteiger charge is -2.34. The first-order valence-electron chi connectivity index (χ1n) is 12.3. The summed E-state index contributed by atoms with van der Waals surface area (Å²) in [4.78, 5) is 24.8. The van der Waals surface area contributed by atoms with Crippen LogP contribution >= 0.6 is 27.3 Å². The number of hydrogen-bond acceptors (Lipinski definition) is 7. The van der Waals surface area contributed by atoms with Gasteiger partial charge < -0.3 is 24.8 Å². The number of hydrogen-bond donors (Lipinski definition) is 1. The molecule has 2 saturated heterocycles. The molecule has 2 aliphatic rings. The van der Waals surface area contributed by atoms with Crippen LogP contribution in [0.3, 0.4) is 0 Å². The average molecular weight is 539 g/mol. The Morgan fingerprint density at radius 1 is 1.15 bits per heavy atom. The van der Waals surface area contributed by atoms with Crippen LogP contribution < -0.4 is 15.0 Å². The van der Waals surface area contributed by atoms with Crippen molar-refractivity contribution in [3.8, 4) is 5.75 Å². The smallest absolute Gasteiger partial charge is 0.223 e. The Labute approximate surface area is 209 Å². The number of piperidine rings is 1. The van der Waals surface area contributed by atoms with Gasteiger partial charge in [-0.05, 0) is 61.3 Å². The molecule has 182 valence electrons. The number of piperazine rings is 1. The summed E-state index contributed by atoms with van der Waals surface area (Å²) in [5.41, 5.74) is 0.987. The van der Waals surface area contributed by atoms with E-state index in [1.807, 2.05) is 13.0 Å². The maximum absolute atomic E-state index is 12.7. The summed E-state index contributed by atoms with van der Waals surface area (Å²) in [6.45, 7) is 14.2. The zero-order chi connectivity index (χ0) is 23.2. The van der Waals surface area contributed by atoms with Crippen molar-refractivity contribution >= 4 is 48.5 Å². The van der Waals surface area contributed by atoms with E-state index in [4.69, 9.17) is 9.72 Å². The minimum absolute atomic E-state index is 0.113. The quantitative estimate of drug-likeness (QED) is 0.490. The van der Waals surface area contributed by atoms with E-state index in [0.29, 0.717) is 6.61 Å². The highest BCUT2D eigenvalue weighted by atomic mass is 79.9. The second kappa shape index (κ2) is 11.8. The largest absolute Gasteiger partial charge is 0.493 e. The first-order valence-corrected chi connectivity index (χ1v) is 13.9. The summed E-state index contributed by atoms with van der Waals surface area (Å²) < 4.78 is 7.76. The van der Waals surface area contributed by atoms with Crippen LogP contribution in [0.1, 0.15) is 33.1 Å². The third kappa shape index (κ3) is 6.38. The van der Waals surface area contributed by atoms with Gasteiger partial charge in [-0.3, -0.25) is 4.79 Å². The van der Waals surface area contributed by atoms with Crippen LogP contribution in [0.2, 0.25) is 0 Å². The first-order chi connectivity index (χ1) is 16.1. The molecule has 9 heteroatoms. The number of anilines is 1. The summed E-state index contributed by atoms with van der Waals surface area (Å²) in [6.07, 6.45) is 2.80. The Kier molecular flexibility index (Phi) is 8.85. The molecule has 3 heterocycles. The molecule has 1 amide bonds. The zero-order valence-corrected chi connectivity index (χ0v) is 22.2. The van der Waals surface area contributed by atoms with Crippen molar-refractivity contribution in [1.29, 1.82) is 0 Å². The number of carbonyl (C=O) groups excluding carboxylic acids is 1. The number of nitrogens with zero attached hydrogens (tertiary/aromatic N) is 4. The number of amides is 1. The SMILES string of the molecule is CCOc1cc2sc(N3CCC(C(=O)NCCCN4CCN(CC)CC4)CC3)nc2cc1Br. The van der Waals surface area contributed by atoms with Crippen LogP contribution in [0.15, 0.2) is 16.6 Å². The Hall–Kier alpha value is -1.42. The number of ether oxygens (including phenoxy) is 1. The van der Waals surface area contributed by atoms with Gasteiger partial charge in [0, 0.05) is 57.8 Å². The van der Waals surface area contributed by atoms with Gasteiger partial charge >= 0.3 is 0 Å². The third-order valence-corrected chi connectivity index (χ3v) is 8.43. The van der Waals surface area contributed by atoms with Crippen molar-refractivity contribution in [3.05, 3.63) is 16.6 Å². The van der Waals surface area contributed by atoms with Crippen molar-refractivity contribution in [2.45, 2.75) is 33.1 Å². The molecule has 4 rings (SSSR count). The molecule has 2 fully saturated rings. The highest BCUT2D eigenvalue weighted by molar-refractivity contribution is 9.10. The Morgan fingerprint density at radius 3 is 2.58 bits per heavy atom. The molecule has 0 saturated carbocycles. The van der Waals surface area contributed by atoms with Gasteiger partial charge in [-0.1, -0.05) is 18.3 Å². The van der Waals surface area contributed by atoms with Crippen molar-refractivity contribution in [2.24, 2.45) is 5.92 Å². The molecule has 0 radical (unpaired) electrons. The molecule has 1 N–H and O–H groups in total. The molecule has 0 bridgehead atoms. The standard InChI is InChI=1S/C24H36BrN5O2S/c1-3-28-12-14-29(15-13-28)9-5-8-26-23(31)18-6-10-30(11-7-18)24-27-20-16-19(25)21(32-4-2)17-22(20)33-24/h16-18H,3-15H2,1-2H3,(H,26,31). The highest BCUT2D eigenvalue weighted by Crippen LogP contribution is 2.37. The first kappa shape index (κ1) is 24.7. The van der Waals surface area contributed by atoms with E-state index in [2.05, 4.69) is 48.9 Å². The number of aromatic nitrogens is 1. The maximum atomic E-state index is 12.7. The third-order valence-electron chi connectivity index (χ3n) is 6.73. The van der Waals surface area contributed by atoms with Gasteiger partial charge in [-0.15, -0.1) is 0 Å². The predicted molar refractivity (Wildman–Crippen MR) is 140 cm³/mol. The lowest BCUT2D eigenvalue weighted by Crippen LogP contribution is -2.46. The van der Waals surface area contributed by atoms with Crippen LogP contribution in [-0.2, 0) is 4.79 Å². The van der Waals surface area contributed by atoms with E-state index >= 15 is 0 Å². The number of thiazole rings is 1. The number of likely N-dealkylation sites (N-methyl/N-ethyl adjacent to an activating group) is 1. The summed E-state index contributed by atoms with van der Waals surface area (Å²) in [5, 5.41) is 4.22. The highest BCUT2D eigenvalue weighted by Gasteiger charge is 2.26. The molecular formula is C24H36BrN5O2S. The number of rotatable bonds is 9. The molecule has 0 unspecified atom stereocenters. The van der Waals surface area contributed by atoms with Crippen LogP contribution in [-0.4, -0.2) is 86.2 Å². The number of nitrogens with one attached hydrogen (secondary N) is 1. The minimum atomic E-state index is 0.113. The van der Waals surface area contributed by atoms with E-state index in [-0.39, 0.29) is 11.8 Å². The molecule has 33 heavy (non-hydrogen) atoms. The van der Waals surface area contributed by atoms with Crippen LogP contribution in [0.4, 0.5) is 5.13 Å². The topological polar surface area (TPSA) is 60.9 Å². The maximum Gasteiger partial charge on any atom is 0.223 e. The van der Waals surface area contributed by atoms with Gasteiger partial charge in [0.1, 0.15) is 5.75 Å². The van der Waals surface area contributed by atoms with Crippen molar-refractivity contribution < 1.29 is 9.53 Å². The monoisotopic (exact) mass is 537 g/mol.